The number of esters is 1. The molecule has 0 atom stereocenters. The van der Waals surface area contributed by atoms with Gasteiger partial charge in [0.15, 0.2) is 6.54 Å². The van der Waals surface area contributed by atoms with E-state index < -0.39 is 5.97 Å². The summed E-state index contributed by atoms with van der Waals surface area (Å²) in [7, 11) is 1.38. The lowest BCUT2D eigenvalue weighted by Gasteiger charge is -2.28. The highest BCUT2D eigenvalue weighted by molar-refractivity contribution is 8.03. The van der Waals surface area contributed by atoms with Crippen LogP contribution in [0.5, 0.6) is 0 Å². The number of benzene rings is 4. The van der Waals surface area contributed by atoms with E-state index in [9.17, 15) is 15.3 Å². The first kappa shape index (κ1) is 42.7. The highest BCUT2D eigenvalue weighted by Crippen LogP contribution is 2.47. The van der Waals surface area contributed by atoms with Crippen molar-refractivity contribution in [2.24, 2.45) is 0 Å². The van der Waals surface area contributed by atoms with Gasteiger partial charge in [0.05, 0.1) is 29.1 Å². The number of thioether (sulfide) groups is 1. The Kier molecular flexibility index (Phi) is 15.4. The predicted octanol–water partition coefficient (Wildman–Crippen LogP) is 9.09. The number of ether oxygens (including phenoxy) is 1. The van der Waals surface area contributed by atoms with E-state index in [1.54, 1.807) is 29.2 Å². The Morgan fingerprint density at radius 3 is 2.27 bits per heavy atom. The van der Waals surface area contributed by atoms with Gasteiger partial charge in [0.1, 0.15) is 4.70 Å². The van der Waals surface area contributed by atoms with Gasteiger partial charge in [-0.05, 0) is 104 Å². The molecule has 0 saturated carbocycles. The van der Waals surface area contributed by atoms with Crippen molar-refractivity contribution in [3.05, 3.63) is 153 Å². The number of para-hydroxylation sites is 2. The zero-order valence-electron chi connectivity index (χ0n) is 32.4. The molecule has 1 aromatic heterocycles. The van der Waals surface area contributed by atoms with Crippen LogP contribution >= 0.6 is 47.2 Å². The highest BCUT2D eigenvalue weighted by Gasteiger charge is 2.29. The van der Waals surface area contributed by atoms with Crippen LogP contribution in [0.15, 0.2) is 142 Å². The lowest BCUT2D eigenvalue weighted by molar-refractivity contribution is -0.777. The van der Waals surface area contributed by atoms with Crippen molar-refractivity contribution in [3.63, 3.8) is 0 Å². The van der Waals surface area contributed by atoms with Crippen LogP contribution < -0.4 is 24.9 Å². The second-order valence-electron chi connectivity index (χ2n) is 13.5. The number of thiazole rings is 1. The third-order valence-electron chi connectivity index (χ3n) is 9.79. The molecule has 0 N–H and O–H groups in total. The smallest absolute Gasteiger partial charge is 0.338 e. The molecular formula is C44H42N3O8S4-. The van der Waals surface area contributed by atoms with Gasteiger partial charge in [0.2, 0.25) is 5.52 Å². The molecule has 59 heavy (non-hydrogen) atoms. The number of nitrogens with zero attached hydrogens (tertiary/aromatic N) is 3. The molecule has 1 aliphatic heterocycles. The molecule has 2 heterocycles. The number of aromatic nitrogens is 1. The summed E-state index contributed by atoms with van der Waals surface area (Å²) in [4.78, 5) is 18.4. The fourth-order valence-electron chi connectivity index (χ4n) is 7.17. The summed E-state index contributed by atoms with van der Waals surface area (Å²) in [5.74, 6) is 0.757. The average Bonchev–Trinajstić information content (AvgIpc) is 3.94. The van der Waals surface area contributed by atoms with E-state index in [1.807, 2.05) is 24.3 Å². The van der Waals surface area contributed by atoms with Crippen molar-refractivity contribution >= 4 is 86.5 Å². The summed E-state index contributed by atoms with van der Waals surface area (Å²) < 4.78 is 17.3. The summed E-state index contributed by atoms with van der Waals surface area (Å²) in [6.45, 7) is 3.48. The number of methoxy groups -OCH3 is 1. The number of fused-ring (bicyclic) bond motifs is 2. The van der Waals surface area contributed by atoms with Gasteiger partial charge in [-0.3, -0.25) is 10.1 Å². The van der Waals surface area contributed by atoms with Crippen LogP contribution in [0, 0.1) is 6.92 Å². The Morgan fingerprint density at radius 2 is 1.58 bits per heavy atom. The Balaban J connectivity index is 1.31. The monoisotopic (exact) mass is 868 g/mol. The molecule has 0 radical (unpaired) electrons. The zero-order chi connectivity index (χ0) is 41.0. The molecular weight excluding hydrogens is 827 g/mol. The van der Waals surface area contributed by atoms with Crippen molar-refractivity contribution in [2.45, 2.75) is 44.0 Å². The number of aryl methyl sites for hydroxylation is 2. The normalized spacial score (nSPS) is 15.4. The molecule has 11 nitrogen and oxygen atoms in total. The number of hydrogen-bond acceptors (Lipinski definition) is 14. The second-order valence-corrected chi connectivity index (χ2v) is 17.2. The SMILES string of the molecule is COC(=O)c1ccc2sc(/C=C/C3=C(N(c4ccccc4)c4ccccc4)C(=C/C=C4\Sc5ccc(C)cc5N4CCCSOO[O-])/CC3)[n+](CCCSOO[O-])c2c1. The van der Waals surface area contributed by atoms with E-state index in [-0.39, 0.29) is 0 Å². The Labute approximate surface area is 360 Å². The van der Waals surface area contributed by atoms with Crippen molar-refractivity contribution < 1.29 is 43.4 Å². The second kappa shape index (κ2) is 21.2. The van der Waals surface area contributed by atoms with Gasteiger partial charge in [-0.15, -0.1) is 0 Å². The van der Waals surface area contributed by atoms with Crippen LogP contribution in [0.3, 0.4) is 0 Å². The molecule has 0 saturated heterocycles. The van der Waals surface area contributed by atoms with Gasteiger partial charge < -0.3 is 25.1 Å². The first-order valence-electron chi connectivity index (χ1n) is 19.0. The number of hydrogen-bond donors (Lipinski definition) is 0. The van der Waals surface area contributed by atoms with Crippen LogP contribution in [0.2, 0.25) is 0 Å². The molecule has 4 aromatic carbocycles. The van der Waals surface area contributed by atoms with Gasteiger partial charge >= 0.3 is 5.97 Å². The first-order chi connectivity index (χ1) is 29.0. The highest BCUT2D eigenvalue weighted by atomic mass is 32.2. The average molecular weight is 869 g/mol. The molecule has 306 valence electrons. The lowest BCUT2D eigenvalue weighted by Crippen LogP contribution is -2.35. The number of rotatable bonds is 19. The maximum absolute atomic E-state index is 12.5. The van der Waals surface area contributed by atoms with Gasteiger partial charge in [0.25, 0.3) is 5.01 Å². The summed E-state index contributed by atoms with van der Waals surface area (Å²) in [6.07, 6.45) is 12.0. The molecule has 0 unspecified atom stereocenters. The fourth-order valence-corrected chi connectivity index (χ4v) is 10.0. The third-order valence-corrected chi connectivity index (χ3v) is 13.3. The standard InChI is InChI=1S/C44H43N3O8S4/c1-31-15-21-39-37(29-31)45(25-9-27-56-54-52-49)41(58-39)23-19-32-16-17-33(43(32)47(35-11-5-3-6-12-35)36-13-7-4-8-14-36)20-24-42-46(26-10-28-57-55-53-50)38-30-34(44(48)51-2)18-22-40(38)59-42/h3-8,11-15,18-24,29-30H,9-10,16-17,25-28H2,1-2H3,(H-,49,50)/p-1. The molecule has 5 aromatic rings. The first-order valence-corrected chi connectivity index (χ1v) is 22.4. The van der Waals surface area contributed by atoms with E-state index in [0.29, 0.717) is 30.0 Å². The van der Waals surface area contributed by atoms with Crippen LogP contribution in [-0.2, 0) is 30.0 Å². The Hall–Kier alpha value is -4.39. The summed E-state index contributed by atoms with van der Waals surface area (Å²) >= 11 is 5.38. The molecule has 2 aliphatic rings. The molecule has 0 bridgehead atoms. The van der Waals surface area contributed by atoms with Crippen LogP contribution in [0.1, 0.15) is 46.6 Å². The number of allylic oxidation sites excluding steroid dienone is 5. The Morgan fingerprint density at radius 1 is 0.864 bits per heavy atom. The van der Waals surface area contributed by atoms with Gasteiger partial charge in [-0.1, -0.05) is 71.6 Å². The molecule has 0 amide bonds. The molecule has 0 spiro atoms. The van der Waals surface area contributed by atoms with E-state index in [1.165, 1.54) is 34.4 Å². The fraction of sp³-hybridized carbons (Fsp3) is 0.227. The van der Waals surface area contributed by atoms with E-state index in [0.717, 1.165) is 87.2 Å². The lowest BCUT2D eigenvalue weighted by atomic mass is 10.1. The maximum Gasteiger partial charge on any atom is 0.338 e. The minimum Gasteiger partial charge on any atom is -0.691 e. The quantitative estimate of drug-likeness (QED) is 0.0196. The molecule has 7 rings (SSSR count). The Bertz CT molecular complexity index is 2310. The van der Waals surface area contributed by atoms with Crippen LogP contribution in [0.4, 0.5) is 17.1 Å². The van der Waals surface area contributed by atoms with Crippen molar-refractivity contribution in [2.75, 3.05) is 35.0 Å². The van der Waals surface area contributed by atoms with Crippen molar-refractivity contribution in [3.8, 4) is 0 Å². The number of anilines is 3. The molecule has 0 fully saturated rings. The molecule has 1 aliphatic carbocycles. The van der Waals surface area contributed by atoms with Crippen molar-refractivity contribution in [1.29, 1.82) is 0 Å². The van der Waals surface area contributed by atoms with E-state index >= 15 is 0 Å². The van der Waals surface area contributed by atoms with Gasteiger partial charge in [-0.25, -0.2) is 4.79 Å². The van der Waals surface area contributed by atoms with E-state index in [2.05, 4.69) is 131 Å². The summed E-state index contributed by atoms with van der Waals surface area (Å²) in [6, 6.07) is 33.1. The van der Waals surface area contributed by atoms with Crippen LogP contribution in [0.25, 0.3) is 16.3 Å². The van der Waals surface area contributed by atoms with Crippen molar-refractivity contribution in [1.82, 2.24) is 0 Å². The third kappa shape index (κ3) is 10.5. The zero-order valence-corrected chi connectivity index (χ0v) is 35.7. The largest absolute Gasteiger partial charge is 0.691 e. The predicted molar refractivity (Wildman–Crippen MR) is 233 cm³/mol. The van der Waals surface area contributed by atoms with Gasteiger partial charge in [-0.2, -0.15) is 13.2 Å². The number of carbonyl (C=O) groups is 1. The number of carbonyl (C=O) groups excluding carboxylic acids is 1. The minimum atomic E-state index is -0.395. The molecule has 15 heteroatoms. The minimum absolute atomic E-state index is 0.395. The van der Waals surface area contributed by atoms with Gasteiger partial charge in [0, 0.05) is 77.0 Å². The van der Waals surface area contributed by atoms with E-state index in [4.69, 9.17) is 4.74 Å². The summed E-state index contributed by atoms with van der Waals surface area (Å²) in [5.41, 5.74) is 9.38. The summed E-state index contributed by atoms with van der Waals surface area (Å²) in [5, 5.41) is 29.9. The van der Waals surface area contributed by atoms with Crippen LogP contribution in [-0.4, -0.2) is 31.1 Å². The maximum atomic E-state index is 12.5. The topological polar surface area (TPSA) is 120 Å².